The van der Waals surface area contributed by atoms with E-state index >= 15 is 0 Å². The Morgan fingerprint density at radius 2 is 1.11 bits per heavy atom. The van der Waals surface area contributed by atoms with E-state index in [0.29, 0.717) is 6.92 Å². The first kappa shape index (κ1) is 31.0. The van der Waals surface area contributed by atoms with Gasteiger partial charge in [-0.15, -0.1) is 0 Å². The molecular formula is C18H15F15O2. The molecule has 0 aliphatic heterocycles. The third-order valence-electron chi connectivity index (χ3n) is 4.73. The van der Waals surface area contributed by atoms with Crippen molar-refractivity contribution in [1.82, 2.24) is 0 Å². The molecule has 0 heterocycles. The zero-order valence-corrected chi connectivity index (χ0v) is 17.2. The van der Waals surface area contributed by atoms with Crippen LogP contribution in [0.25, 0.3) is 0 Å². The van der Waals surface area contributed by atoms with Crippen molar-refractivity contribution in [3.8, 4) is 5.75 Å². The van der Waals surface area contributed by atoms with Crippen molar-refractivity contribution in [2.45, 2.75) is 67.6 Å². The van der Waals surface area contributed by atoms with Crippen LogP contribution in [0.2, 0.25) is 0 Å². The second kappa shape index (κ2) is 8.80. The van der Waals surface area contributed by atoms with Crippen LogP contribution in [0.15, 0.2) is 24.3 Å². The van der Waals surface area contributed by atoms with Gasteiger partial charge in [0, 0.05) is 0 Å². The van der Waals surface area contributed by atoms with Gasteiger partial charge in [-0.05, 0) is 31.5 Å². The quantitative estimate of drug-likeness (QED) is 0.318. The zero-order valence-electron chi connectivity index (χ0n) is 17.2. The van der Waals surface area contributed by atoms with Crippen LogP contribution in [-0.2, 0) is 5.60 Å². The SMILES string of the molecule is CCOc1cccc(C(C)(O)CC(F)(F)C(F)(F)C(F)(F)C(F)(F)C(F)(F)C(F)(F)C(F)(F)F)c1. The number of halogens is 15. The van der Waals surface area contributed by atoms with Crippen LogP contribution in [0.1, 0.15) is 25.8 Å². The maximum Gasteiger partial charge on any atom is 0.460 e. The number of benzene rings is 1. The van der Waals surface area contributed by atoms with Gasteiger partial charge in [0.05, 0.1) is 18.6 Å². The molecule has 17 heteroatoms. The van der Waals surface area contributed by atoms with Crippen molar-refractivity contribution < 1.29 is 75.7 Å². The predicted molar refractivity (Wildman–Crippen MR) is 87.5 cm³/mol. The Morgan fingerprint density at radius 1 is 0.686 bits per heavy atom. The lowest BCUT2D eigenvalue weighted by Gasteiger charge is -2.42. The Hall–Kier alpha value is -2.07. The van der Waals surface area contributed by atoms with E-state index in [4.69, 9.17) is 4.74 Å². The molecule has 0 spiro atoms. The first-order valence-corrected chi connectivity index (χ1v) is 9.04. The third kappa shape index (κ3) is 4.83. The molecule has 35 heavy (non-hydrogen) atoms. The molecule has 1 rings (SSSR count). The van der Waals surface area contributed by atoms with Gasteiger partial charge in [-0.25, -0.2) is 0 Å². The van der Waals surface area contributed by atoms with E-state index in [-0.39, 0.29) is 12.4 Å². The molecule has 0 radical (unpaired) electrons. The van der Waals surface area contributed by atoms with Gasteiger partial charge in [0.1, 0.15) is 5.75 Å². The summed E-state index contributed by atoms with van der Waals surface area (Å²) in [5.41, 5.74) is -4.04. The molecule has 1 N–H and O–H groups in total. The molecule has 2 nitrogen and oxygen atoms in total. The number of rotatable bonds is 10. The zero-order chi connectivity index (χ0) is 28.1. The molecule has 1 unspecified atom stereocenters. The van der Waals surface area contributed by atoms with Gasteiger partial charge in [0.25, 0.3) is 0 Å². The smallest absolute Gasteiger partial charge is 0.460 e. The second-order valence-corrected chi connectivity index (χ2v) is 7.49. The van der Waals surface area contributed by atoms with E-state index in [1.807, 2.05) is 0 Å². The molecule has 0 saturated carbocycles. The van der Waals surface area contributed by atoms with E-state index in [1.54, 1.807) is 0 Å². The van der Waals surface area contributed by atoms with Crippen molar-refractivity contribution in [3.63, 3.8) is 0 Å². The van der Waals surface area contributed by atoms with Gasteiger partial charge in [0.15, 0.2) is 0 Å². The topological polar surface area (TPSA) is 29.5 Å². The van der Waals surface area contributed by atoms with Crippen molar-refractivity contribution in [1.29, 1.82) is 0 Å². The minimum atomic E-state index is -8.37. The Kier molecular flexibility index (Phi) is 7.78. The molecule has 0 amide bonds. The monoisotopic (exact) mass is 548 g/mol. The van der Waals surface area contributed by atoms with Gasteiger partial charge in [-0.1, -0.05) is 12.1 Å². The summed E-state index contributed by atoms with van der Waals surface area (Å²) >= 11 is 0. The Bertz CT molecular complexity index is 890. The van der Waals surface area contributed by atoms with Crippen LogP contribution >= 0.6 is 0 Å². The molecular weight excluding hydrogens is 533 g/mol. The minimum Gasteiger partial charge on any atom is -0.494 e. The van der Waals surface area contributed by atoms with E-state index in [2.05, 4.69) is 0 Å². The Morgan fingerprint density at radius 3 is 1.54 bits per heavy atom. The molecule has 0 fully saturated rings. The maximum absolute atomic E-state index is 14.2. The number of hydrogen-bond donors (Lipinski definition) is 1. The molecule has 1 atom stereocenters. The summed E-state index contributed by atoms with van der Waals surface area (Å²) < 4.78 is 204. The van der Waals surface area contributed by atoms with Crippen LogP contribution in [0.3, 0.4) is 0 Å². The number of alkyl halides is 15. The Labute approximate surface area is 186 Å². The predicted octanol–water partition coefficient (Wildman–Crippen LogP) is 7.06. The fraction of sp³-hybridized carbons (Fsp3) is 0.667. The lowest BCUT2D eigenvalue weighted by atomic mass is 9.83. The van der Waals surface area contributed by atoms with Gasteiger partial charge >= 0.3 is 41.7 Å². The van der Waals surface area contributed by atoms with Gasteiger partial charge < -0.3 is 9.84 Å². The number of aliphatic hydroxyl groups is 1. The van der Waals surface area contributed by atoms with E-state index < -0.39 is 59.3 Å². The van der Waals surface area contributed by atoms with Crippen LogP contribution < -0.4 is 4.74 Å². The van der Waals surface area contributed by atoms with Gasteiger partial charge in [0.2, 0.25) is 0 Å². The maximum atomic E-state index is 14.2. The van der Waals surface area contributed by atoms with Gasteiger partial charge in [-0.3, -0.25) is 0 Å². The standard InChI is InChI=1S/C18H15F15O2/c1-3-35-10-6-4-5-9(7-10)11(2,34)8-12(19,20)13(21,22)14(23,24)15(25,26)16(27,28)17(29,30)18(31,32)33/h4-7,34H,3,8H2,1-2H3. The summed E-state index contributed by atoms with van der Waals surface area (Å²) in [5.74, 6) is -47.3. The number of hydrogen-bond acceptors (Lipinski definition) is 2. The molecule has 1 aromatic rings. The van der Waals surface area contributed by atoms with Gasteiger partial charge in [-0.2, -0.15) is 65.9 Å². The second-order valence-electron chi connectivity index (χ2n) is 7.49. The summed E-state index contributed by atoms with van der Waals surface area (Å²) in [7, 11) is 0. The molecule has 0 aliphatic carbocycles. The first-order chi connectivity index (χ1) is 15.2. The summed E-state index contributed by atoms with van der Waals surface area (Å²) in [6.07, 6.45) is -10.6. The van der Waals surface area contributed by atoms with Crippen molar-refractivity contribution in [2.75, 3.05) is 6.61 Å². The van der Waals surface area contributed by atoms with E-state index in [1.165, 1.54) is 6.92 Å². The summed E-state index contributed by atoms with van der Waals surface area (Å²) in [4.78, 5) is 0. The lowest BCUT2D eigenvalue weighted by molar-refractivity contribution is -0.453. The van der Waals surface area contributed by atoms with Crippen LogP contribution in [0.5, 0.6) is 5.75 Å². The highest BCUT2D eigenvalue weighted by Crippen LogP contribution is 2.63. The highest BCUT2D eigenvalue weighted by Gasteiger charge is 2.93. The van der Waals surface area contributed by atoms with Crippen LogP contribution in [0.4, 0.5) is 65.9 Å². The molecule has 0 bridgehead atoms. The van der Waals surface area contributed by atoms with Crippen LogP contribution in [-0.4, -0.2) is 53.4 Å². The summed E-state index contributed by atoms with van der Waals surface area (Å²) in [6.45, 7) is 1.68. The molecule has 0 aromatic heterocycles. The largest absolute Gasteiger partial charge is 0.494 e. The highest BCUT2D eigenvalue weighted by atomic mass is 19.4. The minimum absolute atomic E-state index is 0.0437. The van der Waals surface area contributed by atoms with Crippen molar-refractivity contribution >= 4 is 0 Å². The molecule has 0 saturated heterocycles. The summed E-state index contributed by atoms with van der Waals surface area (Å²) in [6, 6.07) is 3.66. The average Bonchev–Trinajstić information content (AvgIpc) is 2.66. The Balaban J connectivity index is 3.52. The first-order valence-electron chi connectivity index (χ1n) is 9.04. The molecule has 0 aliphatic rings. The van der Waals surface area contributed by atoms with E-state index in [9.17, 15) is 71.0 Å². The average molecular weight is 548 g/mol. The van der Waals surface area contributed by atoms with Crippen LogP contribution in [0, 0.1) is 0 Å². The fourth-order valence-corrected chi connectivity index (χ4v) is 2.73. The number of ether oxygens (including phenoxy) is 1. The highest BCUT2D eigenvalue weighted by molar-refractivity contribution is 5.32. The molecule has 1 aromatic carbocycles. The lowest BCUT2D eigenvalue weighted by Crippen LogP contribution is -2.72. The fourth-order valence-electron chi connectivity index (χ4n) is 2.73. The normalized spacial score (nSPS) is 16.7. The summed E-state index contributed by atoms with van der Waals surface area (Å²) in [5, 5.41) is 10.1. The van der Waals surface area contributed by atoms with E-state index in [0.717, 1.165) is 24.3 Å². The van der Waals surface area contributed by atoms with Crippen molar-refractivity contribution in [2.24, 2.45) is 0 Å². The molecule has 204 valence electrons. The third-order valence-corrected chi connectivity index (χ3v) is 4.73. The van der Waals surface area contributed by atoms with Crippen molar-refractivity contribution in [3.05, 3.63) is 29.8 Å².